The van der Waals surface area contributed by atoms with Crippen molar-refractivity contribution in [3.63, 3.8) is 0 Å². The van der Waals surface area contributed by atoms with Crippen LogP contribution >= 0.6 is 0 Å². The molecule has 0 bridgehead atoms. The van der Waals surface area contributed by atoms with E-state index in [0.29, 0.717) is 17.9 Å². The lowest BCUT2D eigenvalue weighted by Gasteiger charge is -2.13. The lowest BCUT2D eigenvalue weighted by Crippen LogP contribution is -2.24. The molecule has 2 unspecified atom stereocenters. The summed E-state index contributed by atoms with van der Waals surface area (Å²) in [6.07, 6.45) is 8.17. The van der Waals surface area contributed by atoms with E-state index in [2.05, 4.69) is 5.92 Å². The molecule has 0 aromatic heterocycles. The highest BCUT2D eigenvalue weighted by Crippen LogP contribution is 2.23. The van der Waals surface area contributed by atoms with Gasteiger partial charge in [-0.3, -0.25) is 0 Å². The maximum atomic E-state index is 11.2. The van der Waals surface area contributed by atoms with Gasteiger partial charge < -0.3 is 5.73 Å². The van der Waals surface area contributed by atoms with E-state index in [0.717, 1.165) is 19.3 Å². The minimum Gasteiger partial charge on any atom is -0.328 e. The molecule has 0 aromatic rings. The fraction of sp³-hybridized carbons (Fsp3) is 0.800. The van der Waals surface area contributed by atoms with Gasteiger partial charge in [0, 0.05) is 12.5 Å². The predicted octanol–water partition coefficient (Wildman–Crippen LogP) is 0.552. The molecule has 0 amide bonds. The Morgan fingerprint density at radius 1 is 1.57 bits per heavy atom. The first kappa shape index (κ1) is 11.5. The normalized spacial score (nSPS) is 27.0. The van der Waals surface area contributed by atoms with Crippen LogP contribution in [-0.2, 0) is 9.84 Å². The fourth-order valence-corrected chi connectivity index (χ4v) is 3.75. The number of hydrogen-bond acceptors (Lipinski definition) is 3. The molecule has 3 nitrogen and oxygen atoms in total. The van der Waals surface area contributed by atoms with Crippen LogP contribution in [0.15, 0.2) is 0 Å². The molecule has 14 heavy (non-hydrogen) atoms. The second kappa shape index (κ2) is 4.81. The molecule has 1 aliphatic heterocycles. The van der Waals surface area contributed by atoms with Crippen LogP contribution in [-0.4, -0.2) is 26.0 Å². The van der Waals surface area contributed by atoms with E-state index < -0.39 is 9.84 Å². The third kappa shape index (κ3) is 3.69. The molecule has 0 spiro atoms. The van der Waals surface area contributed by atoms with Gasteiger partial charge in [0.15, 0.2) is 9.84 Å². The van der Waals surface area contributed by atoms with Gasteiger partial charge in [0.05, 0.1) is 11.5 Å². The van der Waals surface area contributed by atoms with Gasteiger partial charge in [-0.05, 0) is 25.2 Å². The van der Waals surface area contributed by atoms with Crippen LogP contribution in [0.2, 0.25) is 0 Å². The SMILES string of the molecule is C#CCCC(N)CC1CCS(=O)(=O)C1. The molecule has 2 N–H and O–H groups in total. The van der Waals surface area contributed by atoms with Crippen molar-refractivity contribution in [1.29, 1.82) is 0 Å². The van der Waals surface area contributed by atoms with Crippen molar-refractivity contribution < 1.29 is 8.42 Å². The smallest absolute Gasteiger partial charge is 0.150 e. The number of nitrogens with two attached hydrogens (primary N) is 1. The minimum absolute atomic E-state index is 0.0596. The lowest BCUT2D eigenvalue weighted by molar-refractivity contribution is 0.455. The molecular weight excluding hydrogens is 198 g/mol. The van der Waals surface area contributed by atoms with Crippen LogP contribution < -0.4 is 5.73 Å². The first-order valence-corrected chi connectivity index (χ1v) is 6.75. The van der Waals surface area contributed by atoms with E-state index in [1.807, 2.05) is 0 Å². The fourth-order valence-electron chi connectivity index (χ4n) is 1.87. The van der Waals surface area contributed by atoms with Crippen molar-refractivity contribution in [3.8, 4) is 12.3 Å². The average Bonchev–Trinajstić information content (AvgIpc) is 2.42. The Hall–Kier alpha value is -0.530. The molecule has 1 fully saturated rings. The molecule has 1 heterocycles. The minimum atomic E-state index is -2.76. The summed E-state index contributed by atoms with van der Waals surface area (Å²) in [5.74, 6) is 3.45. The molecule has 80 valence electrons. The zero-order chi connectivity index (χ0) is 10.6. The molecular formula is C10H17NO2S. The molecule has 0 saturated carbocycles. The third-order valence-corrected chi connectivity index (χ3v) is 4.46. The Balaban J connectivity index is 2.29. The van der Waals surface area contributed by atoms with Gasteiger partial charge >= 0.3 is 0 Å². The quantitative estimate of drug-likeness (QED) is 0.697. The van der Waals surface area contributed by atoms with Gasteiger partial charge in [-0.25, -0.2) is 8.42 Å². The second-order valence-electron chi connectivity index (χ2n) is 4.01. The Kier molecular flexibility index (Phi) is 3.97. The monoisotopic (exact) mass is 215 g/mol. The highest BCUT2D eigenvalue weighted by atomic mass is 32.2. The summed E-state index contributed by atoms with van der Waals surface area (Å²) in [5, 5.41) is 0. The second-order valence-corrected chi connectivity index (χ2v) is 6.24. The number of rotatable bonds is 4. The van der Waals surface area contributed by atoms with Crippen molar-refractivity contribution in [1.82, 2.24) is 0 Å². The summed E-state index contributed by atoms with van der Waals surface area (Å²) in [6, 6.07) is 0.0596. The van der Waals surface area contributed by atoms with Crippen LogP contribution in [0.3, 0.4) is 0 Å². The van der Waals surface area contributed by atoms with Crippen molar-refractivity contribution in [2.45, 2.75) is 31.7 Å². The number of terminal acetylenes is 1. The van der Waals surface area contributed by atoms with Gasteiger partial charge in [-0.2, -0.15) is 0 Å². The van der Waals surface area contributed by atoms with Crippen molar-refractivity contribution in [2.24, 2.45) is 11.7 Å². The Labute approximate surface area is 86.0 Å². The van der Waals surface area contributed by atoms with E-state index in [1.54, 1.807) is 0 Å². The summed E-state index contributed by atoms with van der Waals surface area (Å²) in [6.45, 7) is 0. The summed E-state index contributed by atoms with van der Waals surface area (Å²) in [7, 11) is -2.76. The van der Waals surface area contributed by atoms with Crippen molar-refractivity contribution >= 4 is 9.84 Å². The summed E-state index contributed by atoms with van der Waals surface area (Å²) < 4.78 is 22.3. The Morgan fingerprint density at radius 2 is 2.29 bits per heavy atom. The highest BCUT2D eigenvalue weighted by molar-refractivity contribution is 7.91. The summed E-state index contributed by atoms with van der Waals surface area (Å²) >= 11 is 0. The van der Waals surface area contributed by atoms with Crippen molar-refractivity contribution in [2.75, 3.05) is 11.5 Å². The van der Waals surface area contributed by atoms with E-state index in [-0.39, 0.29) is 12.0 Å². The van der Waals surface area contributed by atoms with Crippen LogP contribution in [0.1, 0.15) is 25.7 Å². The molecule has 0 aromatic carbocycles. The van der Waals surface area contributed by atoms with E-state index in [4.69, 9.17) is 12.2 Å². The topological polar surface area (TPSA) is 60.2 Å². The standard InChI is InChI=1S/C10H17NO2S/c1-2-3-4-10(11)7-9-5-6-14(12,13)8-9/h1,9-10H,3-8,11H2. The molecule has 0 radical (unpaired) electrons. The first-order chi connectivity index (χ1) is 6.53. The average molecular weight is 215 g/mol. The molecule has 1 aliphatic rings. The summed E-state index contributed by atoms with van der Waals surface area (Å²) in [4.78, 5) is 0. The third-order valence-electron chi connectivity index (χ3n) is 2.62. The van der Waals surface area contributed by atoms with Crippen LogP contribution in [0.25, 0.3) is 0 Å². The maximum absolute atomic E-state index is 11.2. The van der Waals surface area contributed by atoms with Gasteiger partial charge in [0.25, 0.3) is 0 Å². The molecule has 4 heteroatoms. The van der Waals surface area contributed by atoms with E-state index >= 15 is 0 Å². The van der Waals surface area contributed by atoms with Crippen LogP contribution in [0, 0.1) is 18.3 Å². The molecule has 0 aliphatic carbocycles. The van der Waals surface area contributed by atoms with Crippen molar-refractivity contribution in [3.05, 3.63) is 0 Å². The van der Waals surface area contributed by atoms with Gasteiger partial charge in [-0.1, -0.05) is 0 Å². The van der Waals surface area contributed by atoms with Crippen LogP contribution in [0.4, 0.5) is 0 Å². The maximum Gasteiger partial charge on any atom is 0.150 e. The van der Waals surface area contributed by atoms with E-state index in [1.165, 1.54) is 0 Å². The zero-order valence-electron chi connectivity index (χ0n) is 8.28. The molecule has 1 saturated heterocycles. The van der Waals surface area contributed by atoms with E-state index in [9.17, 15) is 8.42 Å². The number of sulfone groups is 1. The Bertz CT molecular complexity index is 316. The first-order valence-electron chi connectivity index (χ1n) is 4.93. The highest BCUT2D eigenvalue weighted by Gasteiger charge is 2.28. The predicted molar refractivity (Wildman–Crippen MR) is 57.4 cm³/mol. The van der Waals surface area contributed by atoms with Crippen LogP contribution in [0.5, 0.6) is 0 Å². The number of hydrogen-bond donors (Lipinski definition) is 1. The largest absolute Gasteiger partial charge is 0.328 e. The van der Waals surface area contributed by atoms with Gasteiger partial charge in [0.2, 0.25) is 0 Å². The Morgan fingerprint density at radius 3 is 2.79 bits per heavy atom. The van der Waals surface area contributed by atoms with Gasteiger partial charge in [0.1, 0.15) is 0 Å². The summed E-state index contributed by atoms with van der Waals surface area (Å²) in [5.41, 5.74) is 5.84. The molecule has 2 atom stereocenters. The molecule has 1 rings (SSSR count). The van der Waals surface area contributed by atoms with Gasteiger partial charge in [-0.15, -0.1) is 12.3 Å². The lowest BCUT2D eigenvalue weighted by atomic mass is 9.97. The zero-order valence-corrected chi connectivity index (χ0v) is 9.09.